The second-order valence-corrected chi connectivity index (χ2v) is 11.2. The van der Waals surface area contributed by atoms with Crippen LogP contribution in [0.2, 0.25) is 19.6 Å². The van der Waals surface area contributed by atoms with E-state index in [-0.39, 0.29) is 0 Å². The first-order valence-electron chi connectivity index (χ1n) is 5.78. The second kappa shape index (κ2) is 4.59. The number of pyridine rings is 1. The molecule has 0 radical (unpaired) electrons. The van der Waals surface area contributed by atoms with Crippen molar-refractivity contribution in [2.45, 2.75) is 25.8 Å². The normalized spacial score (nSPS) is 13.0. The Morgan fingerprint density at radius 2 is 1.68 bits per heavy atom. The first-order chi connectivity index (χ1) is 8.62. The Bertz CT molecular complexity index is 632. The minimum atomic E-state index is -4.43. The molecular formula is C13H13BrF3NSi. The molecule has 0 bridgehead atoms. The van der Waals surface area contributed by atoms with Crippen LogP contribution in [0.3, 0.4) is 0 Å². The van der Waals surface area contributed by atoms with Crippen molar-refractivity contribution in [2.75, 3.05) is 0 Å². The molecule has 19 heavy (non-hydrogen) atoms. The van der Waals surface area contributed by atoms with Crippen molar-refractivity contribution in [3.05, 3.63) is 34.4 Å². The molecule has 0 aliphatic rings. The number of nitrogens with zero attached hydrogens (tertiary/aromatic N) is 1. The van der Waals surface area contributed by atoms with Gasteiger partial charge in [-0.3, -0.25) is 0 Å². The summed E-state index contributed by atoms with van der Waals surface area (Å²) in [6.45, 7) is 5.66. The van der Waals surface area contributed by atoms with Gasteiger partial charge in [0.2, 0.25) is 0 Å². The Balaban J connectivity index is 2.93. The van der Waals surface area contributed by atoms with Crippen molar-refractivity contribution < 1.29 is 13.2 Å². The van der Waals surface area contributed by atoms with Gasteiger partial charge in [0, 0.05) is 9.86 Å². The maximum atomic E-state index is 13.2. The lowest BCUT2D eigenvalue weighted by Gasteiger charge is -2.24. The SMILES string of the molecule is C[Si](C)(C)c1c(C(F)(F)F)nc2ccccc2c1Br. The monoisotopic (exact) mass is 347 g/mol. The van der Waals surface area contributed by atoms with Crippen molar-refractivity contribution in [1.29, 1.82) is 0 Å². The third kappa shape index (κ3) is 2.69. The Hall–Kier alpha value is -0.883. The van der Waals surface area contributed by atoms with Crippen molar-refractivity contribution in [1.82, 2.24) is 4.98 Å². The van der Waals surface area contributed by atoms with Crippen molar-refractivity contribution >= 4 is 40.1 Å². The highest BCUT2D eigenvalue weighted by Gasteiger charge is 2.40. The molecule has 1 aromatic heterocycles. The molecular weight excluding hydrogens is 335 g/mol. The molecule has 2 aromatic rings. The highest BCUT2D eigenvalue weighted by molar-refractivity contribution is 9.10. The number of rotatable bonds is 1. The van der Waals surface area contributed by atoms with Gasteiger partial charge in [-0.15, -0.1) is 0 Å². The zero-order valence-corrected chi connectivity index (χ0v) is 13.4. The largest absolute Gasteiger partial charge is 0.433 e. The molecule has 0 aliphatic heterocycles. The van der Waals surface area contributed by atoms with Crippen LogP contribution in [0.25, 0.3) is 10.9 Å². The van der Waals surface area contributed by atoms with Gasteiger partial charge in [-0.25, -0.2) is 4.98 Å². The van der Waals surface area contributed by atoms with Crippen LogP contribution in [0.15, 0.2) is 28.7 Å². The van der Waals surface area contributed by atoms with Gasteiger partial charge in [0.25, 0.3) is 0 Å². The number of benzene rings is 1. The Morgan fingerprint density at radius 3 is 2.21 bits per heavy atom. The number of alkyl halides is 3. The summed E-state index contributed by atoms with van der Waals surface area (Å²) in [6.07, 6.45) is -4.43. The lowest BCUT2D eigenvalue weighted by atomic mass is 10.2. The van der Waals surface area contributed by atoms with E-state index in [1.165, 1.54) is 0 Å². The van der Waals surface area contributed by atoms with E-state index < -0.39 is 19.9 Å². The molecule has 0 N–H and O–H groups in total. The van der Waals surface area contributed by atoms with E-state index in [2.05, 4.69) is 20.9 Å². The molecule has 1 aromatic carbocycles. The average molecular weight is 348 g/mol. The standard InChI is InChI=1S/C13H13BrF3NSi/c1-19(2,3)11-10(14)8-6-4-5-7-9(8)18-12(11)13(15,16)17/h4-7H,1-3H3. The van der Waals surface area contributed by atoms with Crippen LogP contribution >= 0.6 is 15.9 Å². The predicted molar refractivity (Wildman–Crippen MR) is 77.4 cm³/mol. The van der Waals surface area contributed by atoms with Gasteiger partial charge in [-0.1, -0.05) is 53.8 Å². The fourth-order valence-corrected chi connectivity index (χ4v) is 6.07. The van der Waals surface area contributed by atoms with Gasteiger partial charge in [-0.2, -0.15) is 13.2 Å². The van der Waals surface area contributed by atoms with Crippen LogP contribution < -0.4 is 5.19 Å². The maximum absolute atomic E-state index is 13.2. The molecule has 2 rings (SSSR count). The molecule has 0 atom stereocenters. The lowest BCUT2D eigenvalue weighted by Crippen LogP contribution is -2.44. The van der Waals surface area contributed by atoms with E-state index in [9.17, 15) is 13.2 Å². The summed E-state index contributed by atoms with van der Waals surface area (Å²) >= 11 is 3.36. The molecule has 0 amide bonds. The quantitative estimate of drug-likeness (QED) is 0.689. The molecule has 0 spiro atoms. The van der Waals surface area contributed by atoms with Gasteiger partial charge in [0.15, 0.2) is 0 Å². The molecule has 0 fully saturated rings. The average Bonchev–Trinajstić information content (AvgIpc) is 2.26. The van der Waals surface area contributed by atoms with E-state index in [1.54, 1.807) is 24.3 Å². The molecule has 1 heterocycles. The van der Waals surface area contributed by atoms with E-state index in [4.69, 9.17) is 0 Å². The van der Waals surface area contributed by atoms with Gasteiger partial charge in [0.05, 0.1) is 13.6 Å². The Kier molecular flexibility index (Phi) is 3.51. The zero-order valence-electron chi connectivity index (χ0n) is 10.8. The zero-order chi connectivity index (χ0) is 14.4. The minimum Gasteiger partial charge on any atom is -0.243 e. The molecule has 0 aliphatic carbocycles. The molecule has 6 heteroatoms. The van der Waals surface area contributed by atoms with Crippen LogP contribution in [0.1, 0.15) is 5.69 Å². The predicted octanol–water partition coefficient (Wildman–Crippen LogP) is 4.56. The van der Waals surface area contributed by atoms with Gasteiger partial charge >= 0.3 is 6.18 Å². The maximum Gasteiger partial charge on any atom is 0.433 e. The number of fused-ring (bicyclic) bond motifs is 1. The molecule has 1 nitrogen and oxygen atoms in total. The van der Waals surface area contributed by atoms with E-state index >= 15 is 0 Å². The molecule has 0 saturated heterocycles. The number of para-hydroxylation sites is 1. The van der Waals surface area contributed by atoms with Crippen molar-refractivity contribution in [3.63, 3.8) is 0 Å². The summed E-state index contributed by atoms with van der Waals surface area (Å²) in [5.74, 6) is 0. The summed E-state index contributed by atoms with van der Waals surface area (Å²) in [6, 6.07) is 6.88. The van der Waals surface area contributed by atoms with Gasteiger partial charge < -0.3 is 0 Å². The highest BCUT2D eigenvalue weighted by Crippen LogP contribution is 2.33. The number of aromatic nitrogens is 1. The molecule has 102 valence electrons. The molecule has 0 saturated carbocycles. The summed E-state index contributed by atoms with van der Waals surface area (Å²) in [5.41, 5.74) is -0.388. The third-order valence-corrected chi connectivity index (χ3v) is 6.02. The second-order valence-electron chi connectivity index (χ2n) is 5.41. The summed E-state index contributed by atoms with van der Waals surface area (Å²) in [4.78, 5) is 3.85. The summed E-state index contributed by atoms with van der Waals surface area (Å²) in [7, 11) is -2.18. The minimum absolute atomic E-state index is 0.332. The van der Waals surface area contributed by atoms with Crippen LogP contribution in [0.5, 0.6) is 0 Å². The Morgan fingerprint density at radius 1 is 1.11 bits per heavy atom. The van der Waals surface area contributed by atoms with E-state index in [1.807, 2.05) is 19.6 Å². The summed E-state index contributed by atoms with van der Waals surface area (Å²) < 4.78 is 40.2. The van der Waals surface area contributed by atoms with Crippen molar-refractivity contribution in [3.8, 4) is 0 Å². The van der Waals surface area contributed by atoms with Crippen LogP contribution in [-0.2, 0) is 6.18 Å². The fraction of sp³-hybridized carbons (Fsp3) is 0.308. The number of hydrogen-bond donors (Lipinski definition) is 0. The third-order valence-electron chi connectivity index (χ3n) is 2.85. The first kappa shape index (κ1) is 14.5. The van der Waals surface area contributed by atoms with Crippen LogP contribution in [0, 0.1) is 0 Å². The smallest absolute Gasteiger partial charge is 0.243 e. The molecule has 0 unspecified atom stereocenters. The van der Waals surface area contributed by atoms with Crippen LogP contribution in [0.4, 0.5) is 13.2 Å². The highest BCUT2D eigenvalue weighted by atomic mass is 79.9. The van der Waals surface area contributed by atoms with Crippen molar-refractivity contribution in [2.24, 2.45) is 0 Å². The topological polar surface area (TPSA) is 12.9 Å². The lowest BCUT2D eigenvalue weighted by molar-refractivity contribution is -0.140. The van der Waals surface area contributed by atoms with E-state index in [0.29, 0.717) is 15.2 Å². The Labute approximate surface area is 119 Å². The van der Waals surface area contributed by atoms with Gasteiger partial charge in [-0.05, 0) is 11.3 Å². The van der Waals surface area contributed by atoms with Gasteiger partial charge in [0.1, 0.15) is 5.69 Å². The fourth-order valence-electron chi connectivity index (χ4n) is 2.06. The number of hydrogen-bond acceptors (Lipinski definition) is 1. The van der Waals surface area contributed by atoms with Crippen LogP contribution in [-0.4, -0.2) is 13.1 Å². The first-order valence-corrected chi connectivity index (χ1v) is 10.1. The number of halogens is 4. The summed E-state index contributed by atoms with van der Waals surface area (Å²) in [5, 5.41) is 1.06. The van der Waals surface area contributed by atoms with E-state index in [0.717, 1.165) is 5.39 Å².